The number of nitrogens with two attached hydrogens (primary N) is 1. The van der Waals surface area contributed by atoms with Gasteiger partial charge < -0.3 is 15.4 Å². The van der Waals surface area contributed by atoms with E-state index in [0.29, 0.717) is 25.5 Å². The van der Waals surface area contributed by atoms with Crippen LogP contribution in [0.15, 0.2) is 0 Å². The molecule has 16 heavy (non-hydrogen) atoms. The van der Waals surface area contributed by atoms with E-state index in [1.165, 1.54) is 0 Å². The number of amides is 1. The van der Waals surface area contributed by atoms with Crippen molar-refractivity contribution in [3.8, 4) is 0 Å². The lowest BCUT2D eigenvalue weighted by Crippen LogP contribution is -2.49. The molecule has 2 N–H and O–H groups in total. The highest BCUT2D eigenvalue weighted by Gasteiger charge is 2.26. The van der Waals surface area contributed by atoms with Crippen molar-refractivity contribution in [2.75, 3.05) is 26.8 Å². The first-order valence-corrected chi connectivity index (χ1v) is 6.05. The molecule has 0 saturated carbocycles. The Balaban J connectivity index is 2.40. The number of nitrogens with zero attached hydrogens (tertiary/aromatic N) is 1. The SMILES string of the molecule is COCC(C)CC(=O)N1CC(C)CC(N)C1. The Morgan fingerprint density at radius 2 is 2.25 bits per heavy atom. The van der Waals surface area contributed by atoms with Crippen LogP contribution < -0.4 is 5.73 Å². The van der Waals surface area contributed by atoms with Gasteiger partial charge in [0, 0.05) is 39.3 Å². The van der Waals surface area contributed by atoms with Crippen molar-refractivity contribution in [2.24, 2.45) is 17.6 Å². The van der Waals surface area contributed by atoms with Gasteiger partial charge in [-0.2, -0.15) is 0 Å². The molecule has 1 rings (SSSR count). The van der Waals surface area contributed by atoms with Gasteiger partial charge in [0.05, 0.1) is 0 Å². The molecule has 94 valence electrons. The summed E-state index contributed by atoms with van der Waals surface area (Å²) in [4.78, 5) is 13.9. The lowest BCUT2D eigenvalue weighted by atomic mass is 9.95. The van der Waals surface area contributed by atoms with E-state index in [4.69, 9.17) is 10.5 Å². The number of ether oxygens (including phenoxy) is 1. The maximum Gasteiger partial charge on any atom is 0.222 e. The highest BCUT2D eigenvalue weighted by molar-refractivity contribution is 5.76. The van der Waals surface area contributed by atoms with Gasteiger partial charge in [-0.25, -0.2) is 0 Å². The van der Waals surface area contributed by atoms with Gasteiger partial charge >= 0.3 is 0 Å². The molecule has 4 nitrogen and oxygen atoms in total. The van der Waals surface area contributed by atoms with E-state index in [9.17, 15) is 4.79 Å². The van der Waals surface area contributed by atoms with Gasteiger partial charge in [-0.1, -0.05) is 13.8 Å². The molecule has 0 radical (unpaired) electrons. The number of piperidine rings is 1. The highest BCUT2D eigenvalue weighted by Crippen LogP contribution is 2.17. The monoisotopic (exact) mass is 228 g/mol. The zero-order valence-electron chi connectivity index (χ0n) is 10.6. The van der Waals surface area contributed by atoms with E-state index < -0.39 is 0 Å². The van der Waals surface area contributed by atoms with Crippen LogP contribution in [0.25, 0.3) is 0 Å². The molecule has 0 aliphatic carbocycles. The molecule has 0 bridgehead atoms. The molecule has 1 aliphatic heterocycles. The number of carbonyl (C=O) groups is 1. The van der Waals surface area contributed by atoms with Crippen LogP contribution in [-0.4, -0.2) is 43.7 Å². The number of hydrogen-bond donors (Lipinski definition) is 1. The minimum absolute atomic E-state index is 0.144. The van der Waals surface area contributed by atoms with Crippen LogP contribution in [0.1, 0.15) is 26.7 Å². The summed E-state index contributed by atoms with van der Waals surface area (Å²) in [7, 11) is 1.67. The van der Waals surface area contributed by atoms with Crippen LogP contribution in [0.4, 0.5) is 0 Å². The quantitative estimate of drug-likeness (QED) is 0.776. The third-order valence-corrected chi connectivity index (χ3v) is 3.02. The fourth-order valence-electron chi connectivity index (χ4n) is 2.37. The van der Waals surface area contributed by atoms with Crippen LogP contribution in [-0.2, 0) is 9.53 Å². The fraction of sp³-hybridized carbons (Fsp3) is 0.917. The molecular weight excluding hydrogens is 204 g/mol. The minimum Gasteiger partial charge on any atom is -0.384 e. The molecular formula is C12H24N2O2. The number of hydrogen-bond acceptors (Lipinski definition) is 3. The van der Waals surface area contributed by atoms with E-state index in [2.05, 4.69) is 6.92 Å². The second-order valence-electron chi connectivity index (χ2n) is 5.16. The zero-order valence-corrected chi connectivity index (χ0v) is 10.6. The first kappa shape index (κ1) is 13.5. The van der Waals surface area contributed by atoms with E-state index in [-0.39, 0.29) is 17.9 Å². The van der Waals surface area contributed by atoms with Gasteiger partial charge in [0.25, 0.3) is 0 Å². The van der Waals surface area contributed by atoms with E-state index in [1.807, 2.05) is 11.8 Å². The fourth-order valence-corrected chi connectivity index (χ4v) is 2.37. The van der Waals surface area contributed by atoms with Gasteiger partial charge in [-0.05, 0) is 18.3 Å². The minimum atomic E-state index is 0.144. The van der Waals surface area contributed by atoms with Crippen molar-refractivity contribution < 1.29 is 9.53 Å². The van der Waals surface area contributed by atoms with Crippen molar-refractivity contribution in [2.45, 2.75) is 32.7 Å². The Kier molecular flexibility index (Phi) is 5.22. The molecule has 0 spiro atoms. The summed E-state index contributed by atoms with van der Waals surface area (Å²) < 4.78 is 5.04. The van der Waals surface area contributed by atoms with Crippen LogP contribution in [0.2, 0.25) is 0 Å². The summed E-state index contributed by atoms with van der Waals surface area (Å²) >= 11 is 0. The van der Waals surface area contributed by atoms with Crippen LogP contribution in [0.5, 0.6) is 0 Å². The molecule has 0 aromatic heterocycles. The Bertz CT molecular complexity index is 223. The van der Waals surface area contributed by atoms with E-state index in [1.54, 1.807) is 7.11 Å². The average molecular weight is 228 g/mol. The maximum absolute atomic E-state index is 12.0. The number of methoxy groups -OCH3 is 1. The largest absolute Gasteiger partial charge is 0.384 e. The van der Waals surface area contributed by atoms with Crippen LogP contribution in [0.3, 0.4) is 0 Å². The normalized spacial score (nSPS) is 27.9. The molecule has 1 heterocycles. The molecule has 3 unspecified atom stereocenters. The Morgan fingerprint density at radius 1 is 1.56 bits per heavy atom. The van der Waals surface area contributed by atoms with Crippen molar-refractivity contribution in [3.05, 3.63) is 0 Å². The second-order valence-corrected chi connectivity index (χ2v) is 5.16. The van der Waals surface area contributed by atoms with Gasteiger partial charge in [0.15, 0.2) is 0 Å². The average Bonchev–Trinajstić information content (AvgIpc) is 2.16. The van der Waals surface area contributed by atoms with E-state index >= 15 is 0 Å². The smallest absolute Gasteiger partial charge is 0.222 e. The van der Waals surface area contributed by atoms with Crippen LogP contribution in [0, 0.1) is 11.8 Å². The van der Waals surface area contributed by atoms with E-state index in [0.717, 1.165) is 13.0 Å². The topological polar surface area (TPSA) is 55.6 Å². The molecule has 4 heteroatoms. The Hall–Kier alpha value is -0.610. The standard InChI is InChI=1S/C12H24N2O2/c1-9-4-11(13)7-14(6-9)12(15)5-10(2)8-16-3/h9-11H,4-8,13H2,1-3H3. The molecule has 1 fully saturated rings. The third-order valence-electron chi connectivity index (χ3n) is 3.02. The predicted octanol–water partition coefficient (Wildman–Crippen LogP) is 0.855. The molecule has 3 atom stereocenters. The van der Waals surface area contributed by atoms with Gasteiger partial charge in [-0.3, -0.25) is 4.79 Å². The molecule has 0 aromatic rings. The second kappa shape index (κ2) is 6.21. The Morgan fingerprint density at radius 3 is 2.81 bits per heavy atom. The summed E-state index contributed by atoms with van der Waals surface area (Å²) in [5.41, 5.74) is 5.92. The first-order valence-electron chi connectivity index (χ1n) is 6.05. The summed E-state index contributed by atoms with van der Waals surface area (Å²) in [5, 5.41) is 0. The lowest BCUT2D eigenvalue weighted by Gasteiger charge is -2.35. The number of carbonyl (C=O) groups excluding carboxylic acids is 1. The van der Waals surface area contributed by atoms with Crippen molar-refractivity contribution >= 4 is 5.91 Å². The highest BCUT2D eigenvalue weighted by atomic mass is 16.5. The summed E-state index contributed by atoms with van der Waals surface area (Å²) in [6.07, 6.45) is 1.59. The van der Waals surface area contributed by atoms with Crippen molar-refractivity contribution in [3.63, 3.8) is 0 Å². The molecule has 1 aliphatic rings. The summed E-state index contributed by atoms with van der Waals surface area (Å²) in [6.45, 7) is 6.39. The van der Waals surface area contributed by atoms with Gasteiger partial charge in [0.2, 0.25) is 5.91 Å². The van der Waals surface area contributed by atoms with Crippen molar-refractivity contribution in [1.29, 1.82) is 0 Å². The maximum atomic E-state index is 12.0. The van der Waals surface area contributed by atoms with Crippen molar-refractivity contribution in [1.82, 2.24) is 4.90 Å². The third kappa shape index (κ3) is 4.10. The summed E-state index contributed by atoms with van der Waals surface area (Å²) in [6, 6.07) is 0.144. The number of likely N-dealkylation sites (tertiary alicyclic amines) is 1. The molecule has 1 amide bonds. The number of rotatable bonds is 4. The lowest BCUT2D eigenvalue weighted by molar-refractivity contribution is -0.134. The molecule has 1 saturated heterocycles. The zero-order chi connectivity index (χ0) is 12.1. The molecule has 0 aromatic carbocycles. The van der Waals surface area contributed by atoms with Gasteiger partial charge in [-0.15, -0.1) is 0 Å². The first-order chi connectivity index (χ1) is 7.52. The van der Waals surface area contributed by atoms with Crippen LogP contribution >= 0.6 is 0 Å². The predicted molar refractivity (Wildman–Crippen MR) is 64.0 cm³/mol. The summed E-state index contributed by atoms with van der Waals surface area (Å²) in [5.74, 6) is 1.02. The van der Waals surface area contributed by atoms with Gasteiger partial charge in [0.1, 0.15) is 0 Å². The Labute approximate surface area is 98.1 Å².